The number of rotatable bonds is 3. The van der Waals surface area contributed by atoms with Gasteiger partial charge in [0.15, 0.2) is 0 Å². The molecule has 2 N–H and O–H groups in total. The fourth-order valence-electron chi connectivity index (χ4n) is 1.81. The van der Waals surface area contributed by atoms with Gasteiger partial charge in [-0.05, 0) is 32.5 Å². The molecule has 1 heterocycles. The maximum Gasteiger partial charge on any atom is 0.222 e. The number of hydrogen-bond donors (Lipinski definition) is 1. The zero-order valence-corrected chi connectivity index (χ0v) is 9.91. The van der Waals surface area contributed by atoms with Gasteiger partial charge in [-0.25, -0.2) is 0 Å². The second kappa shape index (κ2) is 6.08. The molecule has 1 rings (SSSR count). The molecule has 1 amide bonds. The smallest absolute Gasteiger partial charge is 0.222 e. The highest BCUT2D eigenvalue weighted by atomic mass is 16.2. The molecule has 0 aromatic rings. The standard InChI is InChI=1S/C11H23N3O/c1-10(9-12)8-11(15)14-5-3-4-13(2)6-7-14/h10H,3-9,12H2,1-2H3. The fraction of sp³-hybridized carbons (Fsp3) is 0.909. The highest BCUT2D eigenvalue weighted by molar-refractivity contribution is 5.76. The first-order chi connectivity index (χ1) is 7.13. The van der Waals surface area contributed by atoms with Crippen LogP contribution in [0.4, 0.5) is 0 Å². The van der Waals surface area contributed by atoms with Gasteiger partial charge in [-0.3, -0.25) is 4.79 Å². The highest BCUT2D eigenvalue weighted by Crippen LogP contribution is 2.07. The van der Waals surface area contributed by atoms with Crippen LogP contribution in [0.3, 0.4) is 0 Å². The van der Waals surface area contributed by atoms with Gasteiger partial charge in [0.05, 0.1) is 0 Å². The molecule has 0 spiro atoms. The lowest BCUT2D eigenvalue weighted by Gasteiger charge is -2.22. The van der Waals surface area contributed by atoms with E-state index in [1.807, 2.05) is 11.8 Å². The van der Waals surface area contributed by atoms with E-state index in [9.17, 15) is 4.79 Å². The van der Waals surface area contributed by atoms with Crippen molar-refractivity contribution in [2.75, 3.05) is 39.8 Å². The minimum absolute atomic E-state index is 0.267. The van der Waals surface area contributed by atoms with Crippen LogP contribution in [0.2, 0.25) is 0 Å². The summed E-state index contributed by atoms with van der Waals surface area (Å²) >= 11 is 0. The van der Waals surface area contributed by atoms with Gasteiger partial charge in [0.2, 0.25) is 5.91 Å². The summed E-state index contributed by atoms with van der Waals surface area (Å²) in [6.45, 7) is 6.48. The molecule has 1 atom stereocenters. The van der Waals surface area contributed by atoms with E-state index in [0.717, 1.165) is 32.6 Å². The first kappa shape index (κ1) is 12.5. The van der Waals surface area contributed by atoms with Gasteiger partial charge in [-0.2, -0.15) is 0 Å². The van der Waals surface area contributed by atoms with Crippen molar-refractivity contribution in [1.82, 2.24) is 9.80 Å². The Hall–Kier alpha value is -0.610. The van der Waals surface area contributed by atoms with Gasteiger partial charge in [-0.15, -0.1) is 0 Å². The van der Waals surface area contributed by atoms with Crippen LogP contribution in [0.25, 0.3) is 0 Å². The lowest BCUT2D eigenvalue weighted by atomic mass is 10.1. The Morgan fingerprint density at radius 3 is 2.73 bits per heavy atom. The van der Waals surface area contributed by atoms with Crippen molar-refractivity contribution < 1.29 is 4.79 Å². The third-order valence-electron chi connectivity index (χ3n) is 3.00. The second-order valence-corrected chi connectivity index (χ2v) is 4.58. The van der Waals surface area contributed by atoms with Crippen LogP contribution in [0.15, 0.2) is 0 Å². The van der Waals surface area contributed by atoms with Crippen LogP contribution in [0.1, 0.15) is 19.8 Å². The SMILES string of the molecule is CC(CN)CC(=O)N1CCCN(C)CC1. The molecule has 4 heteroatoms. The van der Waals surface area contributed by atoms with Crippen molar-refractivity contribution in [2.45, 2.75) is 19.8 Å². The van der Waals surface area contributed by atoms with Crippen LogP contribution < -0.4 is 5.73 Å². The first-order valence-corrected chi connectivity index (χ1v) is 5.80. The van der Waals surface area contributed by atoms with Gasteiger partial charge >= 0.3 is 0 Å². The van der Waals surface area contributed by atoms with E-state index < -0.39 is 0 Å². The number of carbonyl (C=O) groups excluding carboxylic acids is 1. The van der Waals surface area contributed by atoms with E-state index in [4.69, 9.17) is 5.73 Å². The third kappa shape index (κ3) is 4.18. The zero-order valence-electron chi connectivity index (χ0n) is 9.91. The predicted octanol–water partition coefficient (Wildman–Crippen LogP) is 0.135. The van der Waals surface area contributed by atoms with E-state index in [2.05, 4.69) is 11.9 Å². The molecule has 1 aliphatic rings. The molecule has 0 aromatic carbocycles. The Labute approximate surface area is 92.4 Å². The molecule has 15 heavy (non-hydrogen) atoms. The average Bonchev–Trinajstić information content (AvgIpc) is 2.42. The molecule has 0 aromatic heterocycles. The summed E-state index contributed by atoms with van der Waals surface area (Å²) in [6, 6.07) is 0. The Morgan fingerprint density at radius 2 is 2.07 bits per heavy atom. The summed E-state index contributed by atoms with van der Waals surface area (Å²) in [4.78, 5) is 16.1. The quantitative estimate of drug-likeness (QED) is 0.725. The molecule has 1 fully saturated rings. The van der Waals surface area contributed by atoms with Crippen molar-refractivity contribution in [3.8, 4) is 0 Å². The van der Waals surface area contributed by atoms with Crippen molar-refractivity contribution in [3.63, 3.8) is 0 Å². The van der Waals surface area contributed by atoms with Gasteiger partial charge in [0, 0.05) is 26.1 Å². The zero-order chi connectivity index (χ0) is 11.3. The van der Waals surface area contributed by atoms with Crippen molar-refractivity contribution in [1.29, 1.82) is 0 Å². The minimum atomic E-state index is 0.267. The average molecular weight is 213 g/mol. The van der Waals surface area contributed by atoms with Crippen LogP contribution in [-0.4, -0.2) is 55.5 Å². The Bertz CT molecular complexity index is 208. The maximum atomic E-state index is 11.9. The molecular formula is C11H23N3O. The summed E-state index contributed by atoms with van der Waals surface area (Å²) < 4.78 is 0. The van der Waals surface area contributed by atoms with Crippen molar-refractivity contribution in [2.24, 2.45) is 11.7 Å². The number of nitrogens with zero attached hydrogens (tertiary/aromatic N) is 2. The van der Waals surface area contributed by atoms with Crippen LogP contribution in [0, 0.1) is 5.92 Å². The summed E-state index contributed by atoms with van der Waals surface area (Å²) in [5.74, 6) is 0.571. The molecule has 4 nitrogen and oxygen atoms in total. The van der Waals surface area contributed by atoms with Gasteiger partial charge in [0.1, 0.15) is 0 Å². The molecule has 88 valence electrons. The third-order valence-corrected chi connectivity index (χ3v) is 3.00. The van der Waals surface area contributed by atoms with Crippen molar-refractivity contribution >= 4 is 5.91 Å². The number of nitrogens with two attached hydrogens (primary N) is 1. The largest absolute Gasteiger partial charge is 0.341 e. The van der Waals surface area contributed by atoms with Crippen LogP contribution >= 0.6 is 0 Å². The van der Waals surface area contributed by atoms with E-state index in [0.29, 0.717) is 18.9 Å². The summed E-state index contributed by atoms with van der Waals surface area (Å²) in [5.41, 5.74) is 5.52. The van der Waals surface area contributed by atoms with E-state index >= 15 is 0 Å². The van der Waals surface area contributed by atoms with Crippen LogP contribution in [-0.2, 0) is 4.79 Å². The lowest BCUT2D eigenvalue weighted by molar-refractivity contribution is -0.131. The molecule has 0 saturated carbocycles. The van der Waals surface area contributed by atoms with Gasteiger partial charge in [-0.1, -0.05) is 6.92 Å². The predicted molar refractivity (Wildman–Crippen MR) is 61.5 cm³/mol. The summed E-state index contributed by atoms with van der Waals surface area (Å²) in [6.07, 6.45) is 1.68. The van der Waals surface area contributed by atoms with Crippen molar-refractivity contribution in [3.05, 3.63) is 0 Å². The fourth-order valence-corrected chi connectivity index (χ4v) is 1.81. The van der Waals surface area contributed by atoms with E-state index in [1.165, 1.54) is 0 Å². The second-order valence-electron chi connectivity index (χ2n) is 4.58. The summed E-state index contributed by atoms with van der Waals surface area (Å²) in [5, 5.41) is 0. The molecule has 1 unspecified atom stereocenters. The number of amides is 1. The maximum absolute atomic E-state index is 11.9. The number of likely N-dealkylation sites (N-methyl/N-ethyl adjacent to an activating group) is 1. The van der Waals surface area contributed by atoms with E-state index in [1.54, 1.807) is 0 Å². The highest BCUT2D eigenvalue weighted by Gasteiger charge is 2.18. The lowest BCUT2D eigenvalue weighted by Crippen LogP contribution is -2.35. The van der Waals surface area contributed by atoms with Gasteiger partial charge < -0.3 is 15.5 Å². The molecule has 0 radical (unpaired) electrons. The molecule has 1 saturated heterocycles. The monoisotopic (exact) mass is 213 g/mol. The van der Waals surface area contributed by atoms with Crippen LogP contribution in [0.5, 0.6) is 0 Å². The van der Waals surface area contributed by atoms with Gasteiger partial charge in [0.25, 0.3) is 0 Å². The number of hydrogen-bond acceptors (Lipinski definition) is 3. The molecule has 0 aliphatic carbocycles. The molecule has 1 aliphatic heterocycles. The summed E-state index contributed by atoms with van der Waals surface area (Å²) in [7, 11) is 2.11. The minimum Gasteiger partial charge on any atom is -0.341 e. The number of carbonyl (C=O) groups is 1. The molecule has 0 bridgehead atoms. The normalized spacial score (nSPS) is 21.1. The Kier molecular flexibility index (Phi) is 5.05. The first-order valence-electron chi connectivity index (χ1n) is 5.80. The molecular weight excluding hydrogens is 190 g/mol. The van der Waals surface area contributed by atoms with E-state index in [-0.39, 0.29) is 5.91 Å². The Morgan fingerprint density at radius 1 is 1.33 bits per heavy atom. The Balaban J connectivity index is 2.38. The topological polar surface area (TPSA) is 49.6 Å².